The van der Waals surface area contributed by atoms with Gasteiger partial charge in [0.25, 0.3) is 0 Å². The third kappa shape index (κ3) is 2.56. The fourth-order valence-electron chi connectivity index (χ4n) is 1.79. The molecule has 1 aromatic rings. The summed E-state index contributed by atoms with van der Waals surface area (Å²) in [6.07, 6.45) is 4.04. The molecule has 1 aliphatic carbocycles. The number of nitrogens with two attached hydrogens (primary N) is 1. The number of nitrogens with one attached hydrogen (secondary N) is 1. The molecular formula is C12H17IN2. The summed E-state index contributed by atoms with van der Waals surface area (Å²) in [5.74, 6) is 0. The Balaban J connectivity index is 1.99. The van der Waals surface area contributed by atoms with Crippen LogP contribution in [0.15, 0.2) is 18.2 Å². The lowest BCUT2D eigenvalue weighted by Gasteiger charge is -2.15. The molecule has 15 heavy (non-hydrogen) atoms. The first-order chi connectivity index (χ1) is 7.15. The van der Waals surface area contributed by atoms with Gasteiger partial charge in [-0.25, -0.2) is 0 Å². The monoisotopic (exact) mass is 316 g/mol. The smallest absolute Gasteiger partial charge is 0.0477 e. The topological polar surface area (TPSA) is 38.0 Å². The minimum Gasteiger partial charge on any atom is -0.399 e. The molecule has 1 aromatic carbocycles. The molecule has 0 bridgehead atoms. The molecule has 1 aliphatic rings. The van der Waals surface area contributed by atoms with Crippen molar-refractivity contribution in [3.8, 4) is 0 Å². The molecule has 3 N–H and O–H groups in total. The Morgan fingerprint density at radius 3 is 2.73 bits per heavy atom. The molecule has 3 heteroatoms. The van der Waals surface area contributed by atoms with Crippen LogP contribution in [0.3, 0.4) is 0 Å². The quantitative estimate of drug-likeness (QED) is 0.659. The second kappa shape index (κ2) is 4.20. The van der Waals surface area contributed by atoms with Crippen LogP contribution in [0.25, 0.3) is 0 Å². The van der Waals surface area contributed by atoms with Crippen molar-refractivity contribution < 1.29 is 0 Å². The van der Waals surface area contributed by atoms with Gasteiger partial charge in [-0.3, -0.25) is 0 Å². The average Bonchev–Trinajstić information content (AvgIpc) is 2.97. The minimum atomic E-state index is 0.588. The van der Waals surface area contributed by atoms with E-state index in [1.165, 1.54) is 28.5 Å². The van der Waals surface area contributed by atoms with E-state index >= 15 is 0 Å². The number of hydrogen-bond donors (Lipinski definition) is 2. The molecule has 0 atom stereocenters. The van der Waals surface area contributed by atoms with Gasteiger partial charge in [0.15, 0.2) is 0 Å². The Bertz CT molecular complexity index is 359. The van der Waals surface area contributed by atoms with Crippen LogP contribution in [-0.2, 0) is 0 Å². The maximum atomic E-state index is 5.72. The summed E-state index contributed by atoms with van der Waals surface area (Å²) in [5.41, 5.74) is 8.35. The molecule has 0 unspecified atom stereocenters. The zero-order valence-electron chi connectivity index (χ0n) is 9.02. The number of nitrogen functional groups attached to an aromatic ring is 1. The first kappa shape index (κ1) is 11.0. The maximum Gasteiger partial charge on any atom is 0.0477 e. The lowest BCUT2D eigenvalue weighted by molar-refractivity contribution is 0.521. The fourth-order valence-corrected chi connectivity index (χ4v) is 2.52. The standard InChI is InChI=1S/C12H17IN2/c1-2-12(5-6-12)8-15-11-4-3-9(14)7-10(11)13/h3-4,7,15H,2,5-6,8,14H2,1H3. The third-order valence-corrected chi connectivity index (χ3v) is 4.25. The molecule has 0 radical (unpaired) electrons. The van der Waals surface area contributed by atoms with Crippen LogP contribution in [0.5, 0.6) is 0 Å². The Hall–Kier alpha value is -0.450. The van der Waals surface area contributed by atoms with E-state index < -0.39 is 0 Å². The summed E-state index contributed by atoms with van der Waals surface area (Å²) in [6.45, 7) is 3.38. The molecule has 1 fully saturated rings. The zero-order chi connectivity index (χ0) is 10.9. The van der Waals surface area contributed by atoms with E-state index in [1.54, 1.807) is 0 Å². The molecular weight excluding hydrogens is 299 g/mol. The average molecular weight is 316 g/mol. The van der Waals surface area contributed by atoms with Gasteiger partial charge in [0.05, 0.1) is 0 Å². The highest BCUT2D eigenvalue weighted by Gasteiger charge is 2.40. The van der Waals surface area contributed by atoms with Gasteiger partial charge in [-0.1, -0.05) is 6.92 Å². The highest BCUT2D eigenvalue weighted by atomic mass is 127. The van der Waals surface area contributed by atoms with E-state index in [-0.39, 0.29) is 0 Å². The second-order valence-electron chi connectivity index (χ2n) is 4.45. The predicted octanol–water partition coefficient (Wildman–Crippen LogP) is 3.48. The van der Waals surface area contributed by atoms with Gasteiger partial charge in [-0.2, -0.15) is 0 Å². The van der Waals surface area contributed by atoms with Crippen molar-refractivity contribution >= 4 is 34.0 Å². The molecule has 1 saturated carbocycles. The van der Waals surface area contributed by atoms with E-state index in [0.717, 1.165) is 12.2 Å². The summed E-state index contributed by atoms with van der Waals surface area (Å²) in [5, 5.41) is 3.53. The third-order valence-electron chi connectivity index (χ3n) is 3.35. The Kier molecular flexibility index (Phi) is 3.09. The highest BCUT2D eigenvalue weighted by molar-refractivity contribution is 14.1. The Morgan fingerprint density at radius 1 is 1.47 bits per heavy atom. The number of hydrogen-bond acceptors (Lipinski definition) is 2. The molecule has 0 spiro atoms. The molecule has 2 nitrogen and oxygen atoms in total. The minimum absolute atomic E-state index is 0.588. The fraction of sp³-hybridized carbons (Fsp3) is 0.500. The van der Waals surface area contributed by atoms with E-state index in [9.17, 15) is 0 Å². The summed E-state index contributed by atoms with van der Waals surface area (Å²) >= 11 is 2.33. The van der Waals surface area contributed by atoms with Crippen molar-refractivity contribution in [3.05, 3.63) is 21.8 Å². The normalized spacial score (nSPS) is 17.5. The molecule has 0 saturated heterocycles. The van der Waals surface area contributed by atoms with Gasteiger partial charge >= 0.3 is 0 Å². The number of anilines is 2. The summed E-state index contributed by atoms with van der Waals surface area (Å²) < 4.78 is 1.21. The van der Waals surface area contributed by atoms with Crippen molar-refractivity contribution in [2.45, 2.75) is 26.2 Å². The summed E-state index contributed by atoms with van der Waals surface area (Å²) in [6, 6.07) is 6.03. The first-order valence-electron chi connectivity index (χ1n) is 5.44. The van der Waals surface area contributed by atoms with Gasteiger partial charge in [0.1, 0.15) is 0 Å². The Morgan fingerprint density at radius 2 is 2.20 bits per heavy atom. The van der Waals surface area contributed by atoms with Crippen molar-refractivity contribution in [1.29, 1.82) is 0 Å². The molecule has 0 amide bonds. The first-order valence-corrected chi connectivity index (χ1v) is 6.52. The predicted molar refractivity (Wildman–Crippen MR) is 74.0 cm³/mol. The van der Waals surface area contributed by atoms with Crippen LogP contribution in [-0.4, -0.2) is 6.54 Å². The molecule has 0 aromatic heterocycles. The van der Waals surface area contributed by atoms with Crippen LogP contribution in [0.4, 0.5) is 11.4 Å². The van der Waals surface area contributed by atoms with Crippen molar-refractivity contribution in [2.75, 3.05) is 17.6 Å². The van der Waals surface area contributed by atoms with Crippen LogP contribution in [0.1, 0.15) is 26.2 Å². The van der Waals surface area contributed by atoms with Crippen LogP contribution in [0, 0.1) is 8.99 Å². The van der Waals surface area contributed by atoms with Gasteiger partial charge < -0.3 is 11.1 Å². The number of benzene rings is 1. The van der Waals surface area contributed by atoms with E-state index in [0.29, 0.717) is 5.41 Å². The lowest BCUT2D eigenvalue weighted by Crippen LogP contribution is -2.15. The van der Waals surface area contributed by atoms with E-state index in [4.69, 9.17) is 5.73 Å². The van der Waals surface area contributed by atoms with Crippen molar-refractivity contribution in [3.63, 3.8) is 0 Å². The lowest BCUT2D eigenvalue weighted by atomic mass is 10.0. The molecule has 0 heterocycles. The van der Waals surface area contributed by atoms with Crippen LogP contribution >= 0.6 is 22.6 Å². The number of halogens is 1. The van der Waals surface area contributed by atoms with Crippen molar-refractivity contribution in [2.24, 2.45) is 5.41 Å². The SMILES string of the molecule is CCC1(CNc2ccc(N)cc2I)CC1. The number of rotatable bonds is 4. The second-order valence-corrected chi connectivity index (χ2v) is 5.61. The van der Waals surface area contributed by atoms with Gasteiger partial charge in [0, 0.05) is 21.5 Å². The van der Waals surface area contributed by atoms with Crippen LogP contribution < -0.4 is 11.1 Å². The van der Waals surface area contributed by atoms with Gasteiger partial charge in [-0.15, -0.1) is 0 Å². The molecule has 82 valence electrons. The highest BCUT2D eigenvalue weighted by Crippen LogP contribution is 2.48. The van der Waals surface area contributed by atoms with E-state index in [1.807, 2.05) is 12.1 Å². The van der Waals surface area contributed by atoms with Gasteiger partial charge in [0.2, 0.25) is 0 Å². The van der Waals surface area contributed by atoms with Crippen molar-refractivity contribution in [1.82, 2.24) is 0 Å². The van der Waals surface area contributed by atoms with E-state index in [2.05, 4.69) is 40.9 Å². The van der Waals surface area contributed by atoms with Crippen LogP contribution in [0.2, 0.25) is 0 Å². The molecule has 2 rings (SSSR count). The largest absolute Gasteiger partial charge is 0.399 e. The summed E-state index contributed by atoms with van der Waals surface area (Å²) in [7, 11) is 0. The van der Waals surface area contributed by atoms with Gasteiger partial charge in [-0.05, 0) is 65.5 Å². The zero-order valence-corrected chi connectivity index (χ0v) is 11.2. The Labute approximate surface area is 105 Å². The maximum absolute atomic E-state index is 5.72. The summed E-state index contributed by atoms with van der Waals surface area (Å²) in [4.78, 5) is 0. The molecule has 0 aliphatic heterocycles.